The fraction of sp³-hybridized carbons (Fsp3) is 0.500. The largest absolute Gasteiger partial charge is 0.396 e. The van der Waals surface area contributed by atoms with E-state index in [1.54, 1.807) is 43.3 Å². The van der Waals surface area contributed by atoms with Gasteiger partial charge < -0.3 is 10.2 Å². The van der Waals surface area contributed by atoms with Gasteiger partial charge in [0.25, 0.3) is 19.2 Å². The summed E-state index contributed by atoms with van der Waals surface area (Å²) in [7, 11) is -2.05. The number of aryl methyl sites for hydroxylation is 2. The molecule has 0 radical (unpaired) electrons. The fourth-order valence-corrected chi connectivity index (χ4v) is 3.64. The third kappa shape index (κ3) is 14.7. The molecule has 0 bridgehead atoms. The van der Waals surface area contributed by atoms with Crippen molar-refractivity contribution in [2.24, 2.45) is 11.8 Å². The Labute approximate surface area is 210 Å². The van der Waals surface area contributed by atoms with E-state index in [2.05, 4.69) is 0 Å². The SMILES string of the molecule is C.CC(CO)CO.CCC(C)COS(=O)(=O)c1ccc(C)cc1.Cc1ccc(S(=O)(=O)Cl)cc1. The van der Waals surface area contributed by atoms with E-state index in [1.165, 1.54) is 12.1 Å². The van der Waals surface area contributed by atoms with Crippen LogP contribution in [0.4, 0.5) is 0 Å². The lowest BCUT2D eigenvalue weighted by atomic mass is 10.1. The molecule has 2 rings (SSSR count). The number of hydrogen-bond donors (Lipinski definition) is 2. The molecule has 7 nitrogen and oxygen atoms in total. The predicted molar refractivity (Wildman–Crippen MR) is 138 cm³/mol. The Morgan fingerprint density at radius 1 is 0.794 bits per heavy atom. The lowest BCUT2D eigenvalue weighted by Gasteiger charge is -2.09. The van der Waals surface area contributed by atoms with E-state index in [9.17, 15) is 16.8 Å². The van der Waals surface area contributed by atoms with Crippen LogP contribution in [0.2, 0.25) is 0 Å². The van der Waals surface area contributed by atoms with Crippen LogP contribution in [0.5, 0.6) is 0 Å². The summed E-state index contributed by atoms with van der Waals surface area (Å²) < 4.78 is 49.9. The zero-order valence-corrected chi connectivity index (χ0v) is 22.1. The number of hydrogen-bond acceptors (Lipinski definition) is 7. The first-order valence-corrected chi connectivity index (χ1v) is 14.2. The average molecular weight is 539 g/mol. The van der Waals surface area contributed by atoms with Crippen molar-refractivity contribution in [2.75, 3.05) is 19.8 Å². The predicted octanol–water partition coefficient (Wildman–Crippen LogP) is 4.91. The number of aliphatic hydroxyl groups excluding tert-OH is 2. The van der Waals surface area contributed by atoms with Crippen LogP contribution in [0.15, 0.2) is 58.3 Å². The Hall–Kier alpha value is -1.49. The van der Waals surface area contributed by atoms with Crippen LogP contribution in [0.3, 0.4) is 0 Å². The van der Waals surface area contributed by atoms with Gasteiger partial charge in [-0.15, -0.1) is 0 Å². The molecule has 0 amide bonds. The number of rotatable bonds is 8. The third-order valence-electron chi connectivity index (χ3n) is 4.44. The first-order chi connectivity index (χ1) is 15.3. The van der Waals surface area contributed by atoms with Crippen LogP contribution >= 0.6 is 10.7 Å². The normalized spacial score (nSPS) is 11.9. The highest BCUT2D eigenvalue weighted by molar-refractivity contribution is 8.13. The summed E-state index contributed by atoms with van der Waals surface area (Å²) in [4.78, 5) is 0.367. The summed E-state index contributed by atoms with van der Waals surface area (Å²) in [6, 6.07) is 13.0. The second kappa shape index (κ2) is 17.0. The quantitative estimate of drug-likeness (QED) is 0.362. The Morgan fingerprint density at radius 3 is 1.47 bits per heavy atom. The number of halogens is 1. The van der Waals surface area contributed by atoms with Gasteiger partial charge in [0.15, 0.2) is 0 Å². The van der Waals surface area contributed by atoms with Crippen LogP contribution in [0, 0.1) is 25.7 Å². The van der Waals surface area contributed by atoms with Gasteiger partial charge in [-0.3, -0.25) is 4.18 Å². The van der Waals surface area contributed by atoms with Gasteiger partial charge in [-0.05, 0) is 44.0 Å². The van der Waals surface area contributed by atoms with Crippen molar-refractivity contribution in [3.8, 4) is 0 Å². The molecule has 0 aliphatic rings. The zero-order valence-electron chi connectivity index (χ0n) is 19.7. The maximum absolute atomic E-state index is 11.7. The number of benzene rings is 2. The van der Waals surface area contributed by atoms with E-state index in [0.29, 0.717) is 0 Å². The molecule has 0 heterocycles. The van der Waals surface area contributed by atoms with Crippen molar-refractivity contribution in [1.29, 1.82) is 0 Å². The molecule has 1 atom stereocenters. The van der Waals surface area contributed by atoms with Gasteiger partial charge in [0.1, 0.15) is 0 Å². The molecule has 34 heavy (non-hydrogen) atoms. The van der Waals surface area contributed by atoms with Crippen LogP contribution in [-0.4, -0.2) is 46.9 Å². The molecule has 196 valence electrons. The monoisotopic (exact) mass is 538 g/mol. The van der Waals surface area contributed by atoms with Gasteiger partial charge in [0.05, 0.1) is 16.4 Å². The summed E-state index contributed by atoms with van der Waals surface area (Å²) >= 11 is 0. The topological polar surface area (TPSA) is 118 Å². The van der Waals surface area contributed by atoms with E-state index >= 15 is 0 Å². The molecular weight excluding hydrogens is 500 g/mol. The van der Waals surface area contributed by atoms with Gasteiger partial charge in [-0.25, -0.2) is 8.42 Å². The molecule has 2 aromatic rings. The molecule has 1 unspecified atom stereocenters. The molecule has 0 saturated heterocycles. The van der Waals surface area contributed by atoms with Crippen molar-refractivity contribution >= 4 is 29.9 Å². The second-order valence-electron chi connectivity index (χ2n) is 7.79. The molecule has 2 aromatic carbocycles. The second-order valence-corrected chi connectivity index (χ2v) is 12.0. The standard InChI is InChI=1S/C12H18O3S.C7H7ClO2S.C4H10O2.CH4/c1-4-10(2)9-15-16(13,14)12-7-5-11(3)6-8-12;1-6-2-4-7(5-3-6)11(8,9)10;1-4(2-5)3-6;/h5-8,10H,4,9H2,1-3H3;2-5H,1H3;4-6H,2-3H2,1H3;1H4. The van der Waals surface area contributed by atoms with Gasteiger partial charge in [-0.1, -0.05) is 70.0 Å². The summed E-state index contributed by atoms with van der Waals surface area (Å²) in [5.74, 6) is 0.297. The van der Waals surface area contributed by atoms with Gasteiger partial charge in [0.2, 0.25) is 0 Å². The van der Waals surface area contributed by atoms with Crippen molar-refractivity contribution in [1.82, 2.24) is 0 Å². The molecule has 0 spiro atoms. The van der Waals surface area contributed by atoms with Crippen LogP contribution in [0.1, 0.15) is 45.7 Å². The molecule has 0 aliphatic heterocycles. The van der Waals surface area contributed by atoms with Crippen LogP contribution in [0.25, 0.3) is 0 Å². The van der Waals surface area contributed by atoms with E-state index in [4.69, 9.17) is 25.1 Å². The number of aliphatic hydroxyl groups is 2. The Morgan fingerprint density at radius 2 is 1.18 bits per heavy atom. The highest BCUT2D eigenvalue weighted by Crippen LogP contribution is 2.15. The van der Waals surface area contributed by atoms with Gasteiger partial charge in [0, 0.05) is 29.8 Å². The lowest BCUT2D eigenvalue weighted by Crippen LogP contribution is -2.12. The smallest absolute Gasteiger partial charge is 0.296 e. The van der Waals surface area contributed by atoms with Crippen molar-refractivity contribution < 1.29 is 31.2 Å². The summed E-state index contributed by atoms with van der Waals surface area (Å²) in [6.07, 6.45) is 0.906. The first-order valence-electron chi connectivity index (χ1n) is 10.5. The molecular formula is C24H39ClO7S2. The lowest BCUT2D eigenvalue weighted by molar-refractivity contribution is 0.162. The van der Waals surface area contributed by atoms with E-state index in [1.807, 2.05) is 27.7 Å². The molecule has 2 N–H and O–H groups in total. The minimum Gasteiger partial charge on any atom is -0.396 e. The Bertz CT molecular complexity index is 1000. The minimum atomic E-state index is -3.58. The average Bonchev–Trinajstić information content (AvgIpc) is 2.77. The first kappa shape index (κ1) is 34.7. The Kier molecular flexibility index (Phi) is 17.4. The molecule has 10 heteroatoms. The molecule has 0 saturated carbocycles. The maximum atomic E-state index is 11.7. The molecule has 0 aliphatic carbocycles. The van der Waals surface area contributed by atoms with Crippen molar-refractivity contribution in [2.45, 2.75) is 58.3 Å². The Balaban J connectivity index is 0. The minimum absolute atomic E-state index is 0. The highest BCUT2D eigenvalue weighted by Gasteiger charge is 2.15. The summed E-state index contributed by atoms with van der Waals surface area (Å²) in [5.41, 5.74) is 2.04. The van der Waals surface area contributed by atoms with E-state index in [-0.39, 0.29) is 48.9 Å². The summed E-state index contributed by atoms with van der Waals surface area (Å²) in [5, 5.41) is 16.3. The molecule has 0 fully saturated rings. The maximum Gasteiger partial charge on any atom is 0.296 e. The van der Waals surface area contributed by atoms with Crippen molar-refractivity contribution in [3.05, 3.63) is 59.7 Å². The van der Waals surface area contributed by atoms with Gasteiger partial charge >= 0.3 is 0 Å². The third-order valence-corrected chi connectivity index (χ3v) is 7.11. The van der Waals surface area contributed by atoms with Crippen LogP contribution in [-0.2, 0) is 23.4 Å². The summed E-state index contributed by atoms with van der Waals surface area (Å²) in [6.45, 7) is 9.94. The van der Waals surface area contributed by atoms with Crippen molar-refractivity contribution in [3.63, 3.8) is 0 Å². The fourth-order valence-electron chi connectivity index (χ4n) is 1.86. The molecule has 0 aromatic heterocycles. The van der Waals surface area contributed by atoms with E-state index < -0.39 is 19.2 Å². The van der Waals surface area contributed by atoms with E-state index in [0.717, 1.165) is 17.5 Å². The van der Waals surface area contributed by atoms with Crippen LogP contribution < -0.4 is 0 Å². The highest BCUT2D eigenvalue weighted by atomic mass is 35.7. The zero-order chi connectivity index (χ0) is 25.7. The van der Waals surface area contributed by atoms with Gasteiger partial charge in [-0.2, -0.15) is 8.42 Å².